The van der Waals surface area contributed by atoms with E-state index in [1.807, 2.05) is 4.90 Å². The monoisotopic (exact) mass is 295 g/mol. The first-order chi connectivity index (χ1) is 9.65. The lowest BCUT2D eigenvalue weighted by Gasteiger charge is -2.29. The van der Waals surface area contributed by atoms with Gasteiger partial charge in [-0.3, -0.25) is 5.10 Å². The molecule has 2 aromatic heterocycles. The third-order valence-electron chi connectivity index (χ3n) is 3.03. The van der Waals surface area contributed by atoms with Crippen molar-refractivity contribution in [3.63, 3.8) is 0 Å². The molecule has 20 heavy (non-hydrogen) atoms. The Kier molecular flexibility index (Phi) is 3.33. The lowest BCUT2D eigenvalue weighted by molar-refractivity contribution is 0.0927. The summed E-state index contributed by atoms with van der Waals surface area (Å²) in [4.78, 5) is 10.7. The fourth-order valence-corrected chi connectivity index (χ4v) is 2.32. The van der Waals surface area contributed by atoms with Gasteiger partial charge in [0.05, 0.1) is 24.4 Å². The summed E-state index contributed by atoms with van der Waals surface area (Å²) in [6, 6.07) is 1.74. The predicted octanol–water partition coefficient (Wildman–Crippen LogP) is 0.433. The number of hydrogen-bond donors (Lipinski definition) is 3. The van der Waals surface area contributed by atoms with Crippen molar-refractivity contribution in [1.82, 2.24) is 20.2 Å². The second kappa shape index (κ2) is 5.14. The normalized spacial score (nSPS) is 19.2. The first kappa shape index (κ1) is 12.9. The van der Waals surface area contributed by atoms with E-state index in [9.17, 15) is 0 Å². The van der Waals surface area contributed by atoms with Crippen LogP contribution in [0.1, 0.15) is 0 Å². The number of alkyl halides is 1. The van der Waals surface area contributed by atoms with E-state index in [-0.39, 0.29) is 5.56 Å². The maximum atomic E-state index is 5.98. The van der Waals surface area contributed by atoms with Gasteiger partial charge in [0.1, 0.15) is 11.4 Å². The topological polar surface area (TPSA) is 119 Å². The van der Waals surface area contributed by atoms with E-state index >= 15 is 0 Å². The molecule has 1 fully saturated rings. The average molecular weight is 296 g/mol. The first-order valence-electron chi connectivity index (χ1n) is 6.08. The van der Waals surface area contributed by atoms with Crippen LogP contribution in [0.15, 0.2) is 12.3 Å². The first-order valence-corrected chi connectivity index (χ1v) is 6.52. The molecule has 1 aliphatic rings. The van der Waals surface area contributed by atoms with Gasteiger partial charge in [0, 0.05) is 12.7 Å². The van der Waals surface area contributed by atoms with E-state index in [0.29, 0.717) is 48.5 Å². The Hall–Kier alpha value is -2.06. The number of ether oxygens (including phenoxy) is 1. The lowest BCUT2D eigenvalue weighted by Crippen LogP contribution is -2.41. The van der Waals surface area contributed by atoms with Crippen LogP contribution in [0.5, 0.6) is 0 Å². The number of hydrogen-bond acceptors (Lipinski definition) is 7. The van der Waals surface area contributed by atoms with Crippen molar-refractivity contribution in [2.75, 3.05) is 36.1 Å². The Bertz CT molecular complexity index is 597. The van der Waals surface area contributed by atoms with Crippen molar-refractivity contribution in [2.45, 2.75) is 5.56 Å². The summed E-state index contributed by atoms with van der Waals surface area (Å²) >= 11 is 5.98. The third-order valence-corrected chi connectivity index (χ3v) is 3.29. The summed E-state index contributed by atoms with van der Waals surface area (Å²) in [5.41, 5.74) is 12.4. The maximum absolute atomic E-state index is 5.98. The van der Waals surface area contributed by atoms with E-state index in [1.54, 1.807) is 12.3 Å². The van der Waals surface area contributed by atoms with Crippen molar-refractivity contribution in [1.29, 1.82) is 0 Å². The summed E-state index contributed by atoms with van der Waals surface area (Å²) in [7, 11) is 0. The van der Waals surface area contributed by atoms with Gasteiger partial charge in [-0.15, -0.1) is 0 Å². The molecule has 1 unspecified atom stereocenters. The van der Waals surface area contributed by atoms with Gasteiger partial charge in [0.15, 0.2) is 5.82 Å². The highest BCUT2D eigenvalue weighted by atomic mass is 35.5. The Labute approximate surface area is 120 Å². The van der Waals surface area contributed by atoms with Crippen LogP contribution in [0.4, 0.5) is 17.6 Å². The lowest BCUT2D eigenvalue weighted by atomic mass is 10.2. The molecule has 8 nitrogen and oxygen atoms in total. The van der Waals surface area contributed by atoms with Crippen molar-refractivity contribution in [3.8, 4) is 11.3 Å². The number of rotatable bonds is 2. The highest BCUT2D eigenvalue weighted by Gasteiger charge is 2.21. The molecule has 0 aromatic carbocycles. The molecule has 0 amide bonds. The molecule has 9 heteroatoms. The Morgan fingerprint density at radius 3 is 3.00 bits per heavy atom. The number of nitrogens with one attached hydrogen (secondary N) is 1. The van der Waals surface area contributed by atoms with Crippen LogP contribution in [0, 0.1) is 0 Å². The van der Waals surface area contributed by atoms with Gasteiger partial charge in [0.2, 0.25) is 5.95 Å². The van der Waals surface area contributed by atoms with Gasteiger partial charge in [0.25, 0.3) is 0 Å². The third kappa shape index (κ3) is 2.35. The molecule has 106 valence electrons. The smallest absolute Gasteiger partial charge is 0.226 e. The Balaban J connectivity index is 1.94. The van der Waals surface area contributed by atoms with Gasteiger partial charge in [-0.1, -0.05) is 11.6 Å². The number of morpholine rings is 1. The second-order valence-corrected chi connectivity index (χ2v) is 4.85. The van der Waals surface area contributed by atoms with Crippen molar-refractivity contribution in [3.05, 3.63) is 12.3 Å². The van der Waals surface area contributed by atoms with E-state index in [0.717, 1.165) is 0 Å². The van der Waals surface area contributed by atoms with Gasteiger partial charge in [-0.05, 0) is 6.07 Å². The average Bonchev–Trinajstić information content (AvgIpc) is 2.78. The molecule has 0 bridgehead atoms. The molecule has 3 rings (SSSR count). The molecule has 1 saturated heterocycles. The van der Waals surface area contributed by atoms with E-state index < -0.39 is 0 Å². The molecule has 0 saturated carbocycles. The number of halogens is 1. The molecular weight excluding hydrogens is 282 g/mol. The summed E-state index contributed by atoms with van der Waals surface area (Å²) in [6.45, 7) is 1.75. The van der Waals surface area contributed by atoms with Crippen molar-refractivity contribution in [2.24, 2.45) is 0 Å². The molecule has 0 radical (unpaired) electrons. The molecule has 0 spiro atoms. The number of nitrogens with two attached hydrogens (primary N) is 2. The van der Waals surface area contributed by atoms with Crippen LogP contribution in [0.25, 0.3) is 11.3 Å². The zero-order valence-corrected chi connectivity index (χ0v) is 11.3. The maximum Gasteiger partial charge on any atom is 0.226 e. The quantitative estimate of drug-likeness (QED) is 0.687. The van der Waals surface area contributed by atoms with Crippen LogP contribution in [-0.4, -0.2) is 45.4 Å². The predicted molar refractivity (Wildman–Crippen MR) is 76.2 cm³/mol. The number of aromatic amines is 1. The molecule has 2 aromatic rings. The van der Waals surface area contributed by atoms with Crippen LogP contribution in [0.3, 0.4) is 0 Å². The SMILES string of the molecule is Nc1n[nH]c(N)c1-c1ccnc(N2CCOC(Cl)C2)n1. The fourth-order valence-electron chi connectivity index (χ4n) is 2.07. The van der Waals surface area contributed by atoms with Crippen LogP contribution < -0.4 is 16.4 Å². The minimum atomic E-state index is -0.361. The highest BCUT2D eigenvalue weighted by molar-refractivity contribution is 6.20. The summed E-state index contributed by atoms with van der Waals surface area (Å²) in [6.07, 6.45) is 1.66. The summed E-state index contributed by atoms with van der Waals surface area (Å²) in [5, 5.41) is 6.49. The molecule has 3 heterocycles. The van der Waals surface area contributed by atoms with E-state index in [4.69, 9.17) is 27.8 Å². The molecule has 1 aliphatic heterocycles. The Morgan fingerprint density at radius 2 is 2.30 bits per heavy atom. The van der Waals surface area contributed by atoms with Crippen molar-refractivity contribution < 1.29 is 4.74 Å². The fraction of sp³-hybridized carbons (Fsp3) is 0.364. The van der Waals surface area contributed by atoms with Crippen LogP contribution >= 0.6 is 11.6 Å². The number of aromatic nitrogens is 4. The number of H-pyrrole nitrogens is 1. The van der Waals surface area contributed by atoms with E-state index in [2.05, 4.69) is 20.2 Å². The number of nitrogens with zero attached hydrogens (tertiary/aromatic N) is 4. The van der Waals surface area contributed by atoms with Gasteiger partial charge in [-0.2, -0.15) is 5.10 Å². The van der Waals surface area contributed by atoms with Gasteiger partial charge >= 0.3 is 0 Å². The Morgan fingerprint density at radius 1 is 1.45 bits per heavy atom. The summed E-state index contributed by atoms with van der Waals surface area (Å²) < 4.78 is 5.28. The minimum Gasteiger partial charge on any atom is -0.383 e. The molecule has 5 N–H and O–H groups in total. The molecular formula is C11H14ClN7O. The summed E-state index contributed by atoms with van der Waals surface area (Å²) in [5.74, 6) is 1.25. The molecule has 0 aliphatic carbocycles. The van der Waals surface area contributed by atoms with Gasteiger partial charge < -0.3 is 21.1 Å². The van der Waals surface area contributed by atoms with Crippen LogP contribution in [0.2, 0.25) is 0 Å². The zero-order chi connectivity index (χ0) is 14.1. The number of anilines is 3. The standard InChI is InChI=1S/C11H14ClN7O/c12-7-5-19(3-4-20-7)11-15-2-1-6(16-11)8-9(13)17-18-10(8)14/h1-2,7H,3-5H2,(H5,13,14,17,18). The van der Waals surface area contributed by atoms with Crippen molar-refractivity contribution >= 4 is 29.2 Å². The minimum absolute atomic E-state index is 0.310. The zero-order valence-electron chi connectivity index (χ0n) is 10.6. The largest absolute Gasteiger partial charge is 0.383 e. The van der Waals surface area contributed by atoms with E-state index in [1.165, 1.54) is 0 Å². The van der Waals surface area contributed by atoms with Crippen LogP contribution in [-0.2, 0) is 4.74 Å². The molecule has 1 atom stereocenters. The van der Waals surface area contributed by atoms with Gasteiger partial charge in [-0.25, -0.2) is 9.97 Å². The highest BCUT2D eigenvalue weighted by Crippen LogP contribution is 2.28. The number of nitrogen functional groups attached to an aromatic ring is 2. The second-order valence-electron chi connectivity index (χ2n) is 4.37.